The summed E-state index contributed by atoms with van der Waals surface area (Å²) in [5.74, 6) is -23.1. The van der Waals surface area contributed by atoms with Gasteiger partial charge in [0.2, 0.25) is 0 Å². The van der Waals surface area contributed by atoms with Crippen LogP contribution >= 0.6 is 0 Å². The lowest BCUT2D eigenvalue weighted by Gasteiger charge is -2.35. The van der Waals surface area contributed by atoms with Crippen molar-refractivity contribution in [3.63, 3.8) is 0 Å². The number of alkyl halides is 9. The normalized spacial score (nSPS) is 14.5. The second-order valence-corrected chi connectivity index (χ2v) is 6.09. The molecule has 0 saturated carbocycles. The van der Waals surface area contributed by atoms with E-state index >= 15 is 0 Å². The van der Waals surface area contributed by atoms with E-state index < -0.39 is 47.8 Å². The molecule has 1 heterocycles. The van der Waals surface area contributed by atoms with E-state index in [0.29, 0.717) is 0 Å². The molecule has 1 aromatic carbocycles. The van der Waals surface area contributed by atoms with E-state index in [-0.39, 0.29) is 5.56 Å². The van der Waals surface area contributed by atoms with Gasteiger partial charge < -0.3 is 0 Å². The summed E-state index contributed by atoms with van der Waals surface area (Å²) >= 11 is 0. The van der Waals surface area contributed by atoms with Crippen LogP contribution in [0.2, 0.25) is 0 Å². The maximum atomic E-state index is 14.1. The van der Waals surface area contributed by atoms with Crippen LogP contribution in [0, 0.1) is 0 Å². The maximum Gasteiger partial charge on any atom is 0.460 e. The lowest BCUT2D eigenvalue weighted by Crippen LogP contribution is -2.61. The van der Waals surface area contributed by atoms with Crippen molar-refractivity contribution in [2.75, 3.05) is 0 Å². The molecule has 1 atom stereocenters. The maximum absolute atomic E-state index is 14.1. The van der Waals surface area contributed by atoms with Gasteiger partial charge in [-0.25, -0.2) is 0 Å². The molecule has 0 radical (unpaired) electrons. The third-order valence-electron chi connectivity index (χ3n) is 4.09. The number of halogens is 9. The summed E-state index contributed by atoms with van der Waals surface area (Å²) in [5, 5.41) is 0. The van der Waals surface area contributed by atoms with Crippen molar-refractivity contribution < 1.29 is 44.3 Å². The number of carbonyl (C=O) groups excluding carboxylic acids is 1. The zero-order valence-corrected chi connectivity index (χ0v) is 14.2. The van der Waals surface area contributed by atoms with Gasteiger partial charge in [0.25, 0.3) is 0 Å². The summed E-state index contributed by atoms with van der Waals surface area (Å²) < 4.78 is 119. The van der Waals surface area contributed by atoms with E-state index in [0.717, 1.165) is 24.4 Å². The van der Waals surface area contributed by atoms with Gasteiger partial charge in [0.15, 0.2) is 5.78 Å². The number of aromatic nitrogens is 1. The Bertz CT molecular complexity index is 835. The fourth-order valence-corrected chi connectivity index (χ4v) is 2.51. The number of ketones is 1. The van der Waals surface area contributed by atoms with Gasteiger partial charge in [-0.05, 0) is 12.1 Å². The average Bonchev–Trinajstić information content (AvgIpc) is 2.66. The monoisotopic (exact) mass is 429 g/mol. The van der Waals surface area contributed by atoms with E-state index in [1.165, 1.54) is 30.3 Å². The molecule has 0 aliphatic carbocycles. The number of nitrogens with zero attached hydrogens (tertiary/aromatic N) is 1. The zero-order chi connectivity index (χ0) is 22.1. The van der Waals surface area contributed by atoms with Crippen LogP contribution in [0.5, 0.6) is 0 Å². The highest BCUT2D eigenvalue weighted by atomic mass is 19.4. The van der Waals surface area contributed by atoms with Crippen molar-refractivity contribution in [3.05, 3.63) is 66.0 Å². The zero-order valence-electron chi connectivity index (χ0n) is 14.2. The van der Waals surface area contributed by atoms with Gasteiger partial charge in [0, 0.05) is 18.2 Å². The summed E-state index contributed by atoms with van der Waals surface area (Å²) in [6.45, 7) is 0. The van der Waals surface area contributed by atoms with Crippen LogP contribution in [0.3, 0.4) is 0 Å². The molecule has 0 amide bonds. The smallest absolute Gasteiger partial charge is 0.293 e. The molecular formula is C18H12F9NO. The van der Waals surface area contributed by atoms with Crippen LogP contribution in [-0.4, -0.2) is 34.7 Å². The Morgan fingerprint density at radius 2 is 1.34 bits per heavy atom. The second kappa shape index (κ2) is 7.68. The molecule has 0 bridgehead atoms. The molecule has 1 aromatic heterocycles. The van der Waals surface area contributed by atoms with E-state index in [1.807, 2.05) is 0 Å². The summed E-state index contributed by atoms with van der Waals surface area (Å²) in [6.07, 6.45) is -8.21. The Hall–Kier alpha value is -2.59. The quantitative estimate of drug-likeness (QED) is 0.405. The van der Waals surface area contributed by atoms with Gasteiger partial charge in [0.1, 0.15) is 0 Å². The fourth-order valence-electron chi connectivity index (χ4n) is 2.51. The van der Waals surface area contributed by atoms with Gasteiger partial charge >= 0.3 is 23.9 Å². The summed E-state index contributed by atoms with van der Waals surface area (Å²) in [6, 6.07) is 9.94. The lowest BCUT2D eigenvalue weighted by atomic mass is 9.86. The highest BCUT2D eigenvalue weighted by molar-refractivity contribution is 6.00. The number of rotatable bonds is 7. The first kappa shape index (κ1) is 22.7. The molecule has 2 aromatic rings. The number of benzene rings is 1. The predicted molar refractivity (Wildman–Crippen MR) is 83.3 cm³/mol. The second-order valence-electron chi connectivity index (χ2n) is 6.09. The van der Waals surface area contributed by atoms with E-state index in [1.54, 1.807) is 0 Å². The summed E-state index contributed by atoms with van der Waals surface area (Å²) in [4.78, 5) is 16.2. The molecule has 0 N–H and O–H groups in total. The van der Waals surface area contributed by atoms with Crippen molar-refractivity contribution in [1.29, 1.82) is 0 Å². The van der Waals surface area contributed by atoms with Gasteiger partial charge in [-0.15, -0.1) is 0 Å². The van der Waals surface area contributed by atoms with Crippen LogP contribution in [-0.2, 0) is 0 Å². The molecule has 1 unspecified atom stereocenters. The highest BCUT2D eigenvalue weighted by Gasteiger charge is 2.81. The Morgan fingerprint density at radius 1 is 0.793 bits per heavy atom. The van der Waals surface area contributed by atoms with E-state index in [4.69, 9.17) is 0 Å². The van der Waals surface area contributed by atoms with Crippen molar-refractivity contribution >= 4 is 5.78 Å². The minimum atomic E-state index is -7.02. The van der Waals surface area contributed by atoms with Crippen molar-refractivity contribution in [2.24, 2.45) is 0 Å². The molecule has 29 heavy (non-hydrogen) atoms. The molecule has 0 aliphatic heterocycles. The molecule has 2 nitrogen and oxygen atoms in total. The summed E-state index contributed by atoms with van der Waals surface area (Å²) in [7, 11) is 0. The number of Topliss-reactive ketones (excluding diaryl/α,β-unsaturated/α-hetero) is 1. The van der Waals surface area contributed by atoms with Crippen molar-refractivity contribution in [1.82, 2.24) is 4.98 Å². The van der Waals surface area contributed by atoms with Crippen LogP contribution < -0.4 is 0 Å². The SMILES string of the molecule is O=C(c1ccccc1)C(CC(F)(F)C(F)(F)C(F)(F)C(F)(F)F)c1ccccn1. The first-order chi connectivity index (χ1) is 13.2. The van der Waals surface area contributed by atoms with Gasteiger partial charge in [0.05, 0.1) is 11.6 Å². The third kappa shape index (κ3) is 4.23. The largest absolute Gasteiger partial charge is 0.460 e. The first-order valence-electron chi connectivity index (χ1n) is 7.93. The topological polar surface area (TPSA) is 30.0 Å². The van der Waals surface area contributed by atoms with Crippen LogP contribution in [0.25, 0.3) is 0 Å². The fraction of sp³-hybridized carbons (Fsp3) is 0.333. The van der Waals surface area contributed by atoms with Crippen LogP contribution in [0.1, 0.15) is 28.4 Å². The lowest BCUT2D eigenvalue weighted by molar-refractivity contribution is -0.396. The Morgan fingerprint density at radius 3 is 1.83 bits per heavy atom. The molecule has 0 spiro atoms. The Balaban J connectivity index is 2.49. The number of hydrogen-bond acceptors (Lipinski definition) is 2. The molecule has 2 rings (SSSR count). The molecule has 11 heteroatoms. The number of carbonyl (C=O) groups is 1. The molecule has 0 fully saturated rings. The minimum absolute atomic E-state index is 0.232. The Labute approximate surface area is 158 Å². The molecule has 0 saturated heterocycles. The predicted octanol–water partition coefficient (Wildman–Crippen LogP) is 5.91. The number of pyridine rings is 1. The average molecular weight is 429 g/mol. The minimum Gasteiger partial charge on any atom is -0.293 e. The first-order valence-corrected chi connectivity index (χ1v) is 7.93. The van der Waals surface area contributed by atoms with Crippen LogP contribution in [0.4, 0.5) is 39.5 Å². The molecular weight excluding hydrogens is 417 g/mol. The van der Waals surface area contributed by atoms with E-state index in [9.17, 15) is 44.3 Å². The van der Waals surface area contributed by atoms with Gasteiger partial charge in [-0.1, -0.05) is 36.4 Å². The van der Waals surface area contributed by atoms with E-state index in [2.05, 4.69) is 4.98 Å². The van der Waals surface area contributed by atoms with Gasteiger partial charge in [-0.3, -0.25) is 9.78 Å². The number of hydrogen-bond donors (Lipinski definition) is 0. The third-order valence-corrected chi connectivity index (χ3v) is 4.09. The van der Waals surface area contributed by atoms with Crippen LogP contribution in [0.15, 0.2) is 54.7 Å². The highest BCUT2D eigenvalue weighted by Crippen LogP contribution is 2.55. The standard InChI is InChI=1S/C18H12F9NO/c19-15(20,16(21,22)17(23,24)18(25,26)27)10-12(13-8-4-5-9-28-13)14(29)11-6-2-1-3-7-11/h1-9,12H,10H2. The summed E-state index contributed by atoms with van der Waals surface area (Å²) in [5.41, 5.74) is -0.711. The van der Waals surface area contributed by atoms with Gasteiger partial charge in [-0.2, -0.15) is 39.5 Å². The van der Waals surface area contributed by atoms with Crippen molar-refractivity contribution in [3.8, 4) is 0 Å². The Kier molecular flexibility index (Phi) is 6.01. The van der Waals surface area contributed by atoms with Crippen molar-refractivity contribution in [2.45, 2.75) is 36.3 Å². The molecule has 0 aliphatic rings. The molecule has 158 valence electrons.